The monoisotopic (exact) mass is 273 g/mol. The minimum Gasteiger partial charge on any atom is -0.456 e. The molecule has 1 aliphatic heterocycles. The highest BCUT2D eigenvalue weighted by molar-refractivity contribution is 7.98. The number of nitrogens with one attached hydrogen (secondary N) is 1. The lowest BCUT2D eigenvalue weighted by Gasteiger charge is -2.13. The Morgan fingerprint density at radius 3 is 2.83 bits per heavy atom. The molecule has 2 rings (SSSR count). The van der Waals surface area contributed by atoms with Gasteiger partial charge in [0.15, 0.2) is 0 Å². The number of halogens is 2. The van der Waals surface area contributed by atoms with Gasteiger partial charge in [-0.05, 0) is 18.4 Å². The van der Waals surface area contributed by atoms with Gasteiger partial charge in [-0.1, -0.05) is 12.1 Å². The lowest BCUT2D eigenvalue weighted by Crippen LogP contribution is -2.22. The molecule has 1 aromatic carbocycles. The molecule has 6 heteroatoms. The van der Waals surface area contributed by atoms with Crippen LogP contribution in [0.2, 0.25) is 0 Å². The molecule has 0 radical (unpaired) electrons. The smallest absolute Gasteiger partial charge is 0.377 e. The molecule has 1 aromatic rings. The number of para-hydroxylation sites is 1. The van der Waals surface area contributed by atoms with E-state index in [1.165, 1.54) is 0 Å². The quantitative estimate of drug-likeness (QED) is 0.676. The largest absolute Gasteiger partial charge is 0.456 e. The van der Waals surface area contributed by atoms with Crippen LogP contribution in [-0.2, 0) is 9.53 Å². The first kappa shape index (κ1) is 13.1. The minimum atomic E-state index is -3.34. The maximum atomic E-state index is 13.0. The maximum absolute atomic E-state index is 13.0. The first-order valence-corrected chi connectivity index (χ1v) is 6.71. The maximum Gasteiger partial charge on any atom is 0.377 e. The number of anilines is 1. The first-order chi connectivity index (χ1) is 8.53. The van der Waals surface area contributed by atoms with Gasteiger partial charge in [0, 0.05) is 10.6 Å². The second-order valence-corrected chi connectivity index (χ2v) is 4.87. The van der Waals surface area contributed by atoms with Crippen molar-refractivity contribution in [1.29, 1.82) is 0 Å². The van der Waals surface area contributed by atoms with E-state index >= 15 is 0 Å². The van der Waals surface area contributed by atoms with E-state index in [1.54, 1.807) is 11.8 Å². The molecule has 1 heterocycles. The van der Waals surface area contributed by atoms with E-state index in [9.17, 15) is 13.6 Å². The van der Waals surface area contributed by atoms with Crippen LogP contribution in [0, 0.1) is 0 Å². The van der Waals surface area contributed by atoms with Crippen molar-refractivity contribution >= 4 is 23.4 Å². The summed E-state index contributed by atoms with van der Waals surface area (Å²) in [7, 11) is 0. The van der Waals surface area contributed by atoms with Gasteiger partial charge in [0.25, 0.3) is 0 Å². The van der Waals surface area contributed by atoms with E-state index in [1.807, 2.05) is 30.5 Å². The molecule has 1 fully saturated rings. The van der Waals surface area contributed by atoms with Gasteiger partial charge in [-0.25, -0.2) is 4.79 Å². The van der Waals surface area contributed by atoms with Crippen molar-refractivity contribution in [1.82, 2.24) is 0 Å². The second kappa shape index (κ2) is 5.14. The number of carbonyl (C=O) groups is 1. The van der Waals surface area contributed by atoms with E-state index in [-0.39, 0.29) is 6.54 Å². The van der Waals surface area contributed by atoms with Gasteiger partial charge < -0.3 is 10.1 Å². The van der Waals surface area contributed by atoms with Crippen molar-refractivity contribution in [2.75, 3.05) is 18.1 Å². The number of esters is 1. The molecule has 18 heavy (non-hydrogen) atoms. The Morgan fingerprint density at radius 2 is 2.22 bits per heavy atom. The summed E-state index contributed by atoms with van der Waals surface area (Å²) in [5.41, 5.74) is 0.858. The molecule has 0 spiro atoms. The number of rotatable bonds is 4. The van der Waals surface area contributed by atoms with Gasteiger partial charge in [0.05, 0.1) is 13.0 Å². The van der Waals surface area contributed by atoms with Crippen molar-refractivity contribution in [3.8, 4) is 0 Å². The predicted molar refractivity (Wildman–Crippen MR) is 66.2 cm³/mol. The highest BCUT2D eigenvalue weighted by atomic mass is 32.2. The lowest BCUT2D eigenvalue weighted by atomic mass is 10.2. The zero-order valence-electron chi connectivity index (χ0n) is 9.78. The fourth-order valence-corrected chi connectivity index (χ4v) is 2.35. The lowest BCUT2D eigenvalue weighted by molar-refractivity contribution is -0.158. The molecule has 1 unspecified atom stereocenters. The number of hydrogen-bond donors (Lipinski definition) is 1. The highest BCUT2D eigenvalue weighted by Gasteiger charge is 2.50. The van der Waals surface area contributed by atoms with Crippen LogP contribution in [0.15, 0.2) is 29.2 Å². The molecule has 3 nitrogen and oxygen atoms in total. The van der Waals surface area contributed by atoms with Crippen molar-refractivity contribution in [3.63, 3.8) is 0 Å². The molecular formula is C12H13F2NO2S. The molecule has 0 aliphatic carbocycles. The average molecular weight is 273 g/mol. The van der Waals surface area contributed by atoms with Gasteiger partial charge in [-0.2, -0.15) is 8.78 Å². The van der Waals surface area contributed by atoms with Crippen LogP contribution in [0.3, 0.4) is 0 Å². The minimum absolute atomic E-state index is 0.193. The third kappa shape index (κ3) is 2.75. The second-order valence-electron chi connectivity index (χ2n) is 4.02. The SMILES string of the molecule is CSc1ccccc1NCC1CC(F)(F)C(=O)O1. The van der Waals surface area contributed by atoms with Crippen LogP contribution in [0.1, 0.15) is 6.42 Å². The van der Waals surface area contributed by atoms with Crippen LogP contribution in [0.25, 0.3) is 0 Å². The van der Waals surface area contributed by atoms with Crippen molar-refractivity contribution in [2.45, 2.75) is 23.3 Å². The standard InChI is InChI=1S/C12H13F2NO2S/c1-18-10-5-3-2-4-9(10)15-7-8-6-12(13,14)11(16)17-8/h2-5,8,15H,6-7H2,1H3. The van der Waals surface area contributed by atoms with Gasteiger partial charge in [-0.15, -0.1) is 11.8 Å². The summed E-state index contributed by atoms with van der Waals surface area (Å²) in [6.07, 6.45) is 0.604. The van der Waals surface area contributed by atoms with Crippen molar-refractivity contribution < 1.29 is 18.3 Å². The number of cyclic esters (lactones) is 1. The van der Waals surface area contributed by atoms with E-state index in [4.69, 9.17) is 0 Å². The zero-order chi connectivity index (χ0) is 13.2. The fourth-order valence-electron chi connectivity index (χ4n) is 1.78. The fraction of sp³-hybridized carbons (Fsp3) is 0.417. The van der Waals surface area contributed by atoms with Crippen molar-refractivity contribution in [2.24, 2.45) is 0 Å². The number of alkyl halides is 2. The van der Waals surface area contributed by atoms with Gasteiger partial charge >= 0.3 is 11.9 Å². The molecule has 98 valence electrons. The molecule has 0 bridgehead atoms. The number of benzene rings is 1. The molecule has 0 amide bonds. The molecular weight excluding hydrogens is 260 g/mol. The van der Waals surface area contributed by atoms with Gasteiger partial charge in [-0.3, -0.25) is 0 Å². The Balaban J connectivity index is 1.95. The van der Waals surface area contributed by atoms with Crippen LogP contribution < -0.4 is 5.32 Å². The third-order valence-electron chi connectivity index (χ3n) is 2.68. The van der Waals surface area contributed by atoms with Crippen LogP contribution in [0.5, 0.6) is 0 Å². The Kier molecular flexibility index (Phi) is 3.75. The van der Waals surface area contributed by atoms with E-state index in [0.717, 1.165) is 10.6 Å². The number of carbonyl (C=O) groups excluding carboxylic acids is 1. The van der Waals surface area contributed by atoms with E-state index in [2.05, 4.69) is 10.1 Å². The molecule has 1 N–H and O–H groups in total. The molecule has 0 saturated carbocycles. The topological polar surface area (TPSA) is 38.3 Å². The summed E-state index contributed by atoms with van der Waals surface area (Å²) >= 11 is 1.56. The highest BCUT2D eigenvalue weighted by Crippen LogP contribution is 2.31. The Morgan fingerprint density at radius 1 is 1.50 bits per heavy atom. The first-order valence-electron chi connectivity index (χ1n) is 5.49. The summed E-state index contributed by atoms with van der Waals surface area (Å²) in [4.78, 5) is 11.9. The van der Waals surface area contributed by atoms with Crippen molar-refractivity contribution in [3.05, 3.63) is 24.3 Å². The van der Waals surface area contributed by atoms with Gasteiger partial charge in [0.2, 0.25) is 0 Å². The van der Waals surface area contributed by atoms with Crippen LogP contribution in [-0.4, -0.2) is 30.8 Å². The normalized spacial score (nSPS) is 21.7. The summed E-state index contributed by atoms with van der Waals surface area (Å²) < 4.78 is 30.5. The summed E-state index contributed by atoms with van der Waals surface area (Å²) in [6, 6.07) is 7.56. The molecule has 0 aromatic heterocycles. The summed E-state index contributed by atoms with van der Waals surface area (Å²) in [5.74, 6) is -4.77. The molecule has 1 atom stereocenters. The number of ether oxygens (including phenoxy) is 1. The van der Waals surface area contributed by atoms with Crippen LogP contribution >= 0.6 is 11.8 Å². The van der Waals surface area contributed by atoms with Crippen LogP contribution in [0.4, 0.5) is 14.5 Å². The Hall–Kier alpha value is -1.30. The summed E-state index contributed by atoms with van der Waals surface area (Å²) in [6.45, 7) is 0.193. The third-order valence-corrected chi connectivity index (χ3v) is 3.48. The summed E-state index contributed by atoms with van der Waals surface area (Å²) in [5, 5.41) is 3.03. The molecule has 1 saturated heterocycles. The Bertz CT molecular complexity index is 453. The Labute approximate surface area is 108 Å². The number of hydrogen-bond acceptors (Lipinski definition) is 4. The molecule has 1 aliphatic rings. The number of thioether (sulfide) groups is 1. The van der Waals surface area contributed by atoms with E-state index in [0.29, 0.717) is 0 Å². The average Bonchev–Trinajstić information content (AvgIpc) is 2.61. The van der Waals surface area contributed by atoms with Gasteiger partial charge in [0.1, 0.15) is 6.10 Å². The predicted octanol–water partition coefficient (Wildman–Crippen LogP) is 2.77. The zero-order valence-corrected chi connectivity index (χ0v) is 10.6. The van der Waals surface area contributed by atoms with E-state index < -0.39 is 24.4 Å².